The van der Waals surface area contributed by atoms with Crippen LogP contribution in [0.5, 0.6) is 0 Å². The summed E-state index contributed by atoms with van der Waals surface area (Å²) >= 11 is 0. The Morgan fingerprint density at radius 2 is 1.68 bits per heavy atom. The molecule has 0 aromatic heterocycles. The number of rotatable bonds is 3. The molecule has 0 saturated carbocycles. The van der Waals surface area contributed by atoms with Crippen LogP contribution in [0.25, 0.3) is 0 Å². The molecule has 5 rings (SSSR count). The van der Waals surface area contributed by atoms with Crippen LogP contribution in [0.2, 0.25) is 0 Å². The summed E-state index contributed by atoms with van der Waals surface area (Å²) in [6.45, 7) is 11.7. The first-order valence-corrected chi connectivity index (χ1v) is 12.6. The van der Waals surface area contributed by atoms with Crippen molar-refractivity contribution in [3.05, 3.63) is 87.7 Å². The molecule has 0 unspecified atom stereocenters. The Morgan fingerprint density at radius 3 is 2.27 bits per heavy atom. The van der Waals surface area contributed by atoms with Gasteiger partial charge in [-0.05, 0) is 90.3 Å². The number of carbonyl (C=O) groups is 1. The number of carboxylic acid groups (broad SMARTS) is 1. The van der Waals surface area contributed by atoms with Crippen LogP contribution >= 0.6 is 0 Å². The zero-order chi connectivity index (χ0) is 26.7. The highest BCUT2D eigenvalue weighted by Gasteiger charge is 2.39. The van der Waals surface area contributed by atoms with Crippen molar-refractivity contribution in [2.75, 3.05) is 11.4 Å². The van der Waals surface area contributed by atoms with E-state index < -0.39 is 11.8 Å². The second kappa shape index (κ2) is 8.55. The number of benzene rings is 3. The number of aromatic carboxylic acids is 1. The Hall–Kier alpha value is -3.98. The van der Waals surface area contributed by atoms with Gasteiger partial charge in [-0.3, -0.25) is 0 Å². The van der Waals surface area contributed by atoms with Gasteiger partial charge in [-0.15, -0.1) is 0 Å². The van der Waals surface area contributed by atoms with E-state index >= 15 is 4.39 Å². The lowest BCUT2D eigenvalue weighted by atomic mass is 9.62. The monoisotopic (exact) mass is 495 g/mol. The molecule has 188 valence electrons. The van der Waals surface area contributed by atoms with Gasteiger partial charge in [0, 0.05) is 17.7 Å². The second-order valence-corrected chi connectivity index (χ2v) is 11.2. The Morgan fingerprint density at radius 1 is 1.00 bits per heavy atom. The summed E-state index contributed by atoms with van der Waals surface area (Å²) in [5, 5.41) is 18.9. The number of fused-ring (bicyclic) bond motifs is 3. The smallest absolute Gasteiger partial charge is 0.335 e. The maximum Gasteiger partial charge on any atom is 0.335 e. The van der Waals surface area contributed by atoms with Gasteiger partial charge in [0.15, 0.2) is 0 Å². The number of nitriles is 1. The molecule has 6 heteroatoms. The molecule has 0 amide bonds. The van der Waals surface area contributed by atoms with Crippen molar-refractivity contribution < 1.29 is 14.3 Å². The van der Waals surface area contributed by atoms with Crippen molar-refractivity contribution in [2.45, 2.75) is 58.3 Å². The molecule has 0 radical (unpaired) electrons. The largest absolute Gasteiger partial charge is 0.478 e. The predicted octanol–water partition coefficient (Wildman–Crippen LogP) is 7.39. The third-order valence-electron chi connectivity index (χ3n) is 7.93. The maximum atomic E-state index is 15.5. The van der Waals surface area contributed by atoms with E-state index in [0.717, 1.165) is 35.8 Å². The van der Waals surface area contributed by atoms with E-state index in [0.29, 0.717) is 23.5 Å². The summed E-state index contributed by atoms with van der Waals surface area (Å²) in [5.74, 6) is -1.84. The molecule has 37 heavy (non-hydrogen) atoms. The summed E-state index contributed by atoms with van der Waals surface area (Å²) in [5.41, 5.74) is 6.54. The molecule has 1 N–H and O–H groups in total. The molecule has 1 heterocycles. The zero-order valence-corrected chi connectivity index (χ0v) is 21.8. The fourth-order valence-electron chi connectivity index (χ4n) is 5.62. The van der Waals surface area contributed by atoms with Gasteiger partial charge < -0.3 is 10.0 Å². The Bertz CT molecular complexity index is 1530. The second-order valence-electron chi connectivity index (χ2n) is 11.2. The quantitative estimate of drug-likeness (QED) is 0.411. The maximum absolute atomic E-state index is 15.5. The predicted molar refractivity (Wildman–Crippen MR) is 144 cm³/mol. The Labute approximate surface area is 216 Å². The summed E-state index contributed by atoms with van der Waals surface area (Å²) in [6, 6.07) is 15.9. The lowest BCUT2D eigenvalue weighted by molar-refractivity contribution is 0.0696. The number of nitrogens with zero attached hydrogens (tertiary/aromatic N) is 3. The molecule has 3 aromatic carbocycles. The first-order chi connectivity index (χ1) is 17.5. The first-order valence-electron chi connectivity index (χ1n) is 12.6. The van der Waals surface area contributed by atoms with E-state index in [-0.39, 0.29) is 22.0 Å². The topological polar surface area (TPSA) is 76.7 Å². The van der Waals surface area contributed by atoms with Gasteiger partial charge in [-0.1, -0.05) is 27.7 Å². The number of hydrogen-bond donors (Lipinski definition) is 1. The molecule has 0 saturated heterocycles. The number of carboxylic acids is 1. The van der Waals surface area contributed by atoms with Crippen LogP contribution in [0.3, 0.4) is 0 Å². The van der Waals surface area contributed by atoms with Gasteiger partial charge in [0.25, 0.3) is 0 Å². The van der Waals surface area contributed by atoms with Crippen molar-refractivity contribution >= 4 is 28.7 Å². The highest BCUT2D eigenvalue weighted by Crippen LogP contribution is 2.50. The fourth-order valence-corrected chi connectivity index (χ4v) is 5.62. The van der Waals surface area contributed by atoms with Crippen molar-refractivity contribution in [2.24, 2.45) is 4.99 Å². The van der Waals surface area contributed by atoms with Crippen LogP contribution in [0, 0.1) is 17.1 Å². The van der Waals surface area contributed by atoms with Gasteiger partial charge in [-0.25, -0.2) is 14.2 Å². The molecular weight excluding hydrogens is 465 g/mol. The van der Waals surface area contributed by atoms with Crippen molar-refractivity contribution in [3.8, 4) is 6.07 Å². The zero-order valence-electron chi connectivity index (χ0n) is 21.8. The van der Waals surface area contributed by atoms with Crippen LogP contribution in [0.4, 0.5) is 21.5 Å². The molecule has 0 fully saturated rings. The van der Waals surface area contributed by atoms with Gasteiger partial charge in [0.05, 0.1) is 40.0 Å². The third-order valence-corrected chi connectivity index (χ3v) is 7.93. The first kappa shape index (κ1) is 24.7. The summed E-state index contributed by atoms with van der Waals surface area (Å²) < 4.78 is 15.5. The molecule has 0 spiro atoms. The van der Waals surface area contributed by atoms with Crippen molar-refractivity contribution in [1.29, 1.82) is 5.26 Å². The van der Waals surface area contributed by atoms with Crippen LogP contribution in [-0.2, 0) is 10.8 Å². The number of hydrogen-bond acceptors (Lipinski definition) is 4. The number of halogens is 1. The molecule has 1 aliphatic carbocycles. The lowest BCUT2D eigenvalue weighted by Crippen LogP contribution is -2.35. The summed E-state index contributed by atoms with van der Waals surface area (Å²) in [6.07, 6.45) is 2.09. The average Bonchev–Trinajstić information content (AvgIpc) is 2.99. The minimum absolute atomic E-state index is 0.0230. The Kier molecular flexibility index (Phi) is 5.71. The molecule has 0 bridgehead atoms. The number of anilines is 2. The molecule has 5 nitrogen and oxygen atoms in total. The van der Waals surface area contributed by atoms with Crippen molar-refractivity contribution in [1.82, 2.24) is 0 Å². The molecule has 2 aliphatic rings. The fraction of sp³-hybridized carbons (Fsp3) is 0.323. The minimum atomic E-state index is -1.19. The van der Waals surface area contributed by atoms with Gasteiger partial charge >= 0.3 is 5.97 Å². The molecule has 1 aliphatic heterocycles. The third kappa shape index (κ3) is 3.99. The molecular formula is C31H30FN3O2. The van der Waals surface area contributed by atoms with Crippen LogP contribution < -0.4 is 4.90 Å². The summed E-state index contributed by atoms with van der Waals surface area (Å²) in [4.78, 5) is 18.6. The molecule has 3 aromatic rings. The van der Waals surface area contributed by atoms with E-state index in [2.05, 4.69) is 57.7 Å². The lowest BCUT2D eigenvalue weighted by Gasteiger charge is -2.43. The van der Waals surface area contributed by atoms with E-state index in [4.69, 9.17) is 4.99 Å². The highest BCUT2D eigenvalue weighted by molar-refractivity contribution is 6.19. The standard InChI is InChI=1S/C31H30FN3O2/c1-6-35-26-10-7-18(17-33)13-25(26)34-28(20-9-8-19(29(36)37)14-24(20)32)21-15-22-23(16-27(21)35)31(4,5)12-11-30(22,2)3/h7-10,13-16H,6,11-12H2,1-5H3,(H,36,37). The number of aliphatic imine (C=N–C) groups is 1. The molecule has 0 atom stereocenters. The average molecular weight is 496 g/mol. The normalized spacial score (nSPS) is 17.0. The highest BCUT2D eigenvalue weighted by atomic mass is 19.1. The van der Waals surface area contributed by atoms with E-state index in [1.807, 2.05) is 6.07 Å². The SMILES string of the molecule is CCN1c2ccc(C#N)cc2N=C(c2ccc(C(=O)O)cc2F)c2cc3c(cc21)C(C)(C)CCC3(C)C. The minimum Gasteiger partial charge on any atom is -0.478 e. The van der Waals surface area contributed by atoms with Gasteiger partial charge in [0.2, 0.25) is 0 Å². The van der Waals surface area contributed by atoms with E-state index in [1.165, 1.54) is 23.3 Å². The Balaban J connectivity index is 1.88. The van der Waals surface area contributed by atoms with Crippen LogP contribution in [0.1, 0.15) is 85.6 Å². The van der Waals surface area contributed by atoms with Gasteiger partial charge in [0.1, 0.15) is 5.82 Å². The van der Waals surface area contributed by atoms with Gasteiger partial charge in [-0.2, -0.15) is 5.26 Å². The summed E-state index contributed by atoms with van der Waals surface area (Å²) in [7, 11) is 0. The van der Waals surface area contributed by atoms with E-state index in [1.54, 1.807) is 12.1 Å². The van der Waals surface area contributed by atoms with Crippen molar-refractivity contribution in [3.63, 3.8) is 0 Å². The van der Waals surface area contributed by atoms with Crippen LogP contribution in [-0.4, -0.2) is 23.3 Å². The van der Waals surface area contributed by atoms with E-state index in [9.17, 15) is 15.2 Å². The van der Waals surface area contributed by atoms with Crippen LogP contribution in [0.15, 0.2) is 53.5 Å².